The van der Waals surface area contributed by atoms with Crippen LogP contribution in [0, 0.1) is 0 Å². The van der Waals surface area contributed by atoms with E-state index in [1.165, 1.54) is 59.9 Å². The van der Waals surface area contributed by atoms with Crippen LogP contribution in [-0.4, -0.2) is 6.21 Å². The van der Waals surface area contributed by atoms with Gasteiger partial charge < -0.3 is 0 Å². The Kier molecular flexibility index (Phi) is 6.38. The summed E-state index contributed by atoms with van der Waals surface area (Å²) in [6.45, 7) is 12.4. The lowest BCUT2D eigenvalue weighted by Gasteiger charge is -2.25. The van der Waals surface area contributed by atoms with Crippen molar-refractivity contribution >= 4 is 11.8 Å². The van der Waals surface area contributed by atoms with E-state index < -0.39 is 0 Å². The SMILES string of the molecule is C=C(C)/N=C\C(=C(C)C)c1ccc(CC)cc1C1CCCCC1. The third-order valence-electron chi connectivity index (χ3n) is 4.81. The topological polar surface area (TPSA) is 12.4 Å². The lowest BCUT2D eigenvalue weighted by Crippen LogP contribution is -2.09. The molecular weight excluding hydrogens is 278 g/mol. The van der Waals surface area contributed by atoms with Crippen LogP contribution >= 0.6 is 0 Å². The molecule has 1 nitrogen and oxygen atoms in total. The molecule has 0 aliphatic heterocycles. The average Bonchev–Trinajstić information content (AvgIpc) is 2.55. The predicted octanol–water partition coefficient (Wildman–Crippen LogP) is 6.69. The molecule has 0 heterocycles. The second-order valence-electron chi connectivity index (χ2n) is 7.02. The first kappa shape index (κ1) is 17.7. The molecule has 1 aromatic carbocycles. The van der Waals surface area contributed by atoms with Gasteiger partial charge in [0.2, 0.25) is 0 Å². The fourth-order valence-corrected chi connectivity index (χ4v) is 3.47. The monoisotopic (exact) mass is 309 g/mol. The van der Waals surface area contributed by atoms with Gasteiger partial charge in [-0.1, -0.05) is 56.5 Å². The first-order valence-corrected chi connectivity index (χ1v) is 9.03. The van der Waals surface area contributed by atoms with Gasteiger partial charge in [-0.15, -0.1) is 0 Å². The quantitative estimate of drug-likeness (QED) is 0.537. The molecular formula is C22H31N. The number of benzene rings is 1. The highest BCUT2D eigenvalue weighted by molar-refractivity contribution is 6.11. The minimum absolute atomic E-state index is 0.706. The van der Waals surface area contributed by atoms with Gasteiger partial charge in [-0.2, -0.15) is 0 Å². The molecule has 0 unspecified atom stereocenters. The van der Waals surface area contributed by atoms with Crippen molar-refractivity contribution in [2.45, 2.75) is 72.1 Å². The number of nitrogens with zero attached hydrogens (tertiary/aromatic N) is 1. The second kappa shape index (κ2) is 8.29. The second-order valence-corrected chi connectivity index (χ2v) is 7.02. The highest BCUT2D eigenvalue weighted by Gasteiger charge is 2.20. The van der Waals surface area contributed by atoms with E-state index in [4.69, 9.17) is 0 Å². The molecule has 1 fully saturated rings. The summed E-state index contributed by atoms with van der Waals surface area (Å²) >= 11 is 0. The molecule has 2 rings (SSSR count). The highest BCUT2D eigenvalue weighted by atomic mass is 14.7. The molecule has 124 valence electrons. The van der Waals surface area contributed by atoms with Gasteiger partial charge in [-0.3, -0.25) is 4.99 Å². The molecule has 0 spiro atoms. The van der Waals surface area contributed by atoms with Crippen LogP contribution in [0.4, 0.5) is 0 Å². The van der Waals surface area contributed by atoms with E-state index in [0.717, 1.165) is 12.1 Å². The van der Waals surface area contributed by atoms with Gasteiger partial charge in [0, 0.05) is 11.9 Å². The maximum absolute atomic E-state index is 4.47. The Morgan fingerprint density at radius 3 is 2.43 bits per heavy atom. The lowest BCUT2D eigenvalue weighted by molar-refractivity contribution is 0.443. The maximum Gasteiger partial charge on any atom is 0.0348 e. The molecule has 1 aliphatic carbocycles. The standard InChI is InChI=1S/C22H31N/c1-6-18-12-13-20(22(16(2)3)15-23-17(4)5)21(14-18)19-10-8-7-9-11-19/h12-15,19H,4,6-11H2,1-3,5H3/b23-15-. The summed E-state index contributed by atoms with van der Waals surface area (Å²) in [6, 6.07) is 7.04. The number of allylic oxidation sites excluding steroid dienone is 3. The van der Waals surface area contributed by atoms with Gasteiger partial charge in [0.25, 0.3) is 0 Å². The van der Waals surface area contributed by atoms with E-state index in [9.17, 15) is 0 Å². The van der Waals surface area contributed by atoms with E-state index >= 15 is 0 Å². The van der Waals surface area contributed by atoms with Gasteiger partial charge in [0.05, 0.1) is 0 Å². The molecule has 0 aromatic heterocycles. The smallest absolute Gasteiger partial charge is 0.0348 e. The normalized spacial score (nSPS) is 15.8. The van der Waals surface area contributed by atoms with Crippen LogP contribution in [0.5, 0.6) is 0 Å². The van der Waals surface area contributed by atoms with E-state index in [1.807, 2.05) is 13.1 Å². The molecule has 0 radical (unpaired) electrons. The fraction of sp³-hybridized carbons (Fsp3) is 0.500. The van der Waals surface area contributed by atoms with Crippen LogP contribution in [0.1, 0.15) is 82.4 Å². The Labute approximate surface area is 142 Å². The van der Waals surface area contributed by atoms with Crippen molar-refractivity contribution in [2.24, 2.45) is 4.99 Å². The van der Waals surface area contributed by atoms with Crippen molar-refractivity contribution in [1.82, 2.24) is 0 Å². The molecule has 1 saturated carbocycles. The Hall–Kier alpha value is -1.63. The van der Waals surface area contributed by atoms with E-state index in [0.29, 0.717) is 5.92 Å². The largest absolute Gasteiger partial charge is 0.262 e. The maximum atomic E-state index is 4.47. The minimum atomic E-state index is 0.706. The zero-order valence-corrected chi connectivity index (χ0v) is 15.3. The molecule has 0 atom stereocenters. The molecule has 1 heteroatoms. The van der Waals surface area contributed by atoms with Crippen molar-refractivity contribution < 1.29 is 0 Å². The Morgan fingerprint density at radius 2 is 1.87 bits per heavy atom. The number of aryl methyl sites for hydroxylation is 1. The van der Waals surface area contributed by atoms with Crippen molar-refractivity contribution in [3.05, 3.63) is 52.7 Å². The molecule has 1 aliphatic rings. The Morgan fingerprint density at radius 1 is 1.17 bits per heavy atom. The number of rotatable bonds is 5. The molecule has 0 N–H and O–H groups in total. The van der Waals surface area contributed by atoms with Crippen molar-refractivity contribution in [1.29, 1.82) is 0 Å². The number of hydrogen-bond acceptors (Lipinski definition) is 1. The van der Waals surface area contributed by atoms with Gasteiger partial charge >= 0.3 is 0 Å². The zero-order chi connectivity index (χ0) is 16.8. The van der Waals surface area contributed by atoms with Gasteiger partial charge in [0.15, 0.2) is 0 Å². The van der Waals surface area contributed by atoms with Crippen molar-refractivity contribution in [3.63, 3.8) is 0 Å². The average molecular weight is 309 g/mol. The molecule has 0 amide bonds. The third kappa shape index (κ3) is 4.67. The summed E-state index contributed by atoms with van der Waals surface area (Å²) in [4.78, 5) is 4.47. The summed E-state index contributed by atoms with van der Waals surface area (Å²) in [5, 5.41) is 0. The first-order valence-electron chi connectivity index (χ1n) is 9.03. The van der Waals surface area contributed by atoms with Crippen LogP contribution < -0.4 is 0 Å². The van der Waals surface area contributed by atoms with Crippen molar-refractivity contribution in [2.75, 3.05) is 0 Å². The minimum Gasteiger partial charge on any atom is -0.262 e. The van der Waals surface area contributed by atoms with Gasteiger partial charge in [-0.25, -0.2) is 0 Å². The van der Waals surface area contributed by atoms with E-state index in [1.54, 1.807) is 0 Å². The summed E-state index contributed by atoms with van der Waals surface area (Å²) in [6.07, 6.45) is 9.89. The fourth-order valence-electron chi connectivity index (χ4n) is 3.47. The van der Waals surface area contributed by atoms with Crippen LogP contribution in [0.25, 0.3) is 5.57 Å². The number of hydrogen-bond donors (Lipinski definition) is 0. The first-order chi connectivity index (χ1) is 11.0. The third-order valence-corrected chi connectivity index (χ3v) is 4.81. The molecule has 23 heavy (non-hydrogen) atoms. The van der Waals surface area contributed by atoms with Crippen LogP contribution in [0.2, 0.25) is 0 Å². The summed E-state index contributed by atoms with van der Waals surface area (Å²) in [5.41, 5.74) is 7.78. The predicted molar refractivity (Wildman–Crippen MR) is 103 cm³/mol. The summed E-state index contributed by atoms with van der Waals surface area (Å²) in [7, 11) is 0. The van der Waals surface area contributed by atoms with Crippen LogP contribution in [0.15, 0.2) is 41.0 Å². The highest BCUT2D eigenvalue weighted by Crippen LogP contribution is 2.37. The Bertz CT molecular complexity index is 609. The molecule has 1 aromatic rings. The lowest BCUT2D eigenvalue weighted by atomic mass is 9.79. The van der Waals surface area contributed by atoms with E-state index in [-0.39, 0.29) is 0 Å². The summed E-state index contributed by atoms with van der Waals surface area (Å²) in [5.74, 6) is 0.706. The zero-order valence-electron chi connectivity index (χ0n) is 15.3. The van der Waals surface area contributed by atoms with E-state index in [2.05, 4.69) is 50.5 Å². The number of aliphatic imine (C=N–C) groups is 1. The van der Waals surface area contributed by atoms with Crippen molar-refractivity contribution in [3.8, 4) is 0 Å². The van der Waals surface area contributed by atoms with Crippen LogP contribution in [0.3, 0.4) is 0 Å². The van der Waals surface area contributed by atoms with Gasteiger partial charge in [0.1, 0.15) is 0 Å². The molecule has 0 saturated heterocycles. The summed E-state index contributed by atoms with van der Waals surface area (Å²) < 4.78 is 0. The Balaban J connectivity index is 2.50. The molecule has 0 bridgehead atoms. The van der Waals surface area contributed by atoms with Gasteiger partial charge in [-0.05, 0) is 68.2 Å². The van der Waals surface area contributed by atoms with Crippen LogP contribution in [-0.2, 0) is 6.42 Å².